The summed E-state index contributed by atoms with van der Waals surface area (Å²) in [6.07, 6.45) is 9.20. The van der Waals surface area contributed by atoms with E-state index >= 15 is 0 Å². The topological polar surface area (TPSA) is 34.9 Å². The van der Waals surface area contributed by atoms with Gasteiger partial charge in [-0.1, -0.05) is 29.7 Å². The lowest BCUT2D eigenvalue weighted by molar-refractivity contribution is 0.720. The molecule has 0 atom stereocenters. The van der Waals surface area contributed by atoms with Crippen molar-refractivity contribution >= 4 is 33.2 Å². The maximum atomic E-state index is 13.0. The summed E-state index contributed by atoms with van der Waals surface area (Å²) in [4.78, 5) is 20.0. The zero-order chi connectivity index (χ0) is 16.7. The third-order valence-electron chi connectivity index (χ3n) is 4.43. The highest BCUT2D eigenvalue weighted by molar-refractivity contribution is 7.18. The number of aryl methyl sites for hydroxylation is 2. The second-order valence-corrected chi connectivity index (χ2v) is 7.48. The maximum Gasteiger partial charge on any atom is 0.263 e. The number of thiophene rings is 1. The quantitative estimate of drug-likeness (QED) is 0.670. The van der Waals surface area contributed by atoms with Gasteiger partial charge in [0.25, 0.3) is 5.56 Å². The molecule has 0 aliphatic heterocycles. The number of aromatic nitrogens is 2. The fraction of sp³-hybridized carbons (Fsp3) is 0.263. The molecule has 0 N–H and O–H groups in total. The predicted molar refractivity (Wildman–Crippen MR) is 99.0 cm³/mol. The first-order chi connectivity index (χ1) is 11.7. The van der Waals surface area contributed by atoms with Crippen LogP contribution in [0.5, 0.6) is 0 Å². The summed E-state index contributed by atoms with van der Waals surface area (Å²) in [6.45, 7) is 0.245. The predicted octanol–water partition coefficient (Wildman–Crippen LogP) is 3.82. The Bertz CT molecular complexity index is 1020. The van der Waals surface area contributed by atoms with Gasteiger partial charge in [-0.25, -0.2) is 4.98 Å². The van der Waals surface area contributed by atoms with Crippen LogP contribution in [-0.4, -0.2) is 9.55 Å². The Hall–Kier alpha value is -2.09. The molecule has 2 aromatic heterocycles. The molecule has 24 heavy (non-hydrogen) atoms. The van der Waals surface area contributed by atoms with E-state index in [1.807, 2.05) is 24.3 Å². The Morgan fingerprint density at radius 3 is 2.83 bits per heavy atom. The number of terminal acetylenes is 1. The number of hydrogen-bond acceptors (Lipinski definition) is 3. The molecular formula is C19H15ClN2OS. The summed E-state index contributed by atoms with van der Waals surface area (Å²) >= 11 is 7.60. The van der Waals surface area contributed by atoms with Crippen LogP contribution in [0.2, 0.25) is 5.02 Å². The number of halogens is 1. The molecule has 0 spiro atoms. The van der Waals surface area contributed by atoms with E-state index in [1.165, 1.54) is 10.4 Å². The Morgan fingerprint density at radius 1 is 1.29 bits per heavy atom. The summed E-state index contributed by atoms with van der Waals surface area (Å²) in [7, 11) is 0. The molecule has 4 rings (SSSR count). The van der Waals surface area contributed by atoms with Crippen molar-refractivity contribution in [3.05, 3.63) is 61.5 Å². The SMILES string of the molecule is C#CCn1c(Cc2ccc(Cl)cc2)nc2sc3c(c2c1=O)CCC3. The van der Waals surface area contributed by atoms with Gasteiger partial charge in [-0.15, -0.1) is 17.8 Å². The standard InChI is InChI=1S/C19H15ClN2OS/c1-2-10-22-16(11-12-6-8-13(20)9-7-12)21-18-17(19(22)23)14-4-3-5-15(14)24-18/h1,6-9H,3-5,10-11H2. The van der Waals surface area contributed by atoms with E-state index in [0.29, 0.717) is 17.3 Å². The zero-order valence-electron chi connectivity index (χ0n) is 13.0. The molecule has 0 amide bonds. The minimum atomic E-state index is 0.00122. The van der Waals surface area contributed by atoms with Crippen molar-refractivity contribution in [2.45, 2.75) is 32.2 Å². The van der Waals surface area contributed by atoms with E-state index in [-0.39, 0.29) is 12.1 Å². The first kappa shape index (κ1) is 15.4. The van der Waals surface area contributed by atoms with Gasteiger partial charge in [-0.3, -0.25) is 9.36 Å². The monoisotopic (exact) mass is 354 g/mol. The van der Waals surface area contributed by atoms with Gasteiger partial charge >= 0.3 is 0 Å². The summed E-state index contributed by atoms with van der Waals surface area (Å²) in [5.41, 5.74) is 2.25. The first-order valence-corrected chi connectivity index (χ1v) is 9.08. The summed E-state index contributed by atoms with van der Waals surface area (Å²) in [5, 5.41) is 1.47. The van der Waals surface area contributed by atoms with Gasteiger partial charge in [0.2, 0.25) is 0 Å². The summed E-state index contributed by atoms with van der Waals surface area (Å²) in [5.74, 6) is 3.31. The molecule has 1 aliphatic rings. The van der Waals surface area contributed by atoms with Crippen molar-refractivity contribution in [1.82, 2.24) is 9.55 Å². The van der Waals surface area contributed by atoms with Crippen molar-refractivity contribution in [2.75, 3.05) is 0 Å². The number of fused-ring (bicyclic) bond motifs is 3. The van der Waals surface area contributed by atoms with Gasteiger partial charge in [0.15, 0.2) is 0 Å². The van der Waals surface area contributed by atoms with Crippen LogP contribution >= 0.6 is 22.9 Å². The molecule has 0 unspecified atom stereocenters. The van der Waals surface area contributed by atoms with Crippen LogP contribution in [0, 0.1) is 12.3 Å². The van der Waals surface area contributed by atoms with Crippen LogP contribution in [0.25, 0.3) is 10.2 Å². The average Bonchev–Trinajstić information content (AvgIpc) is 3.13. The minimum Gasteiger partial charge on any atom is -0.284 e. The van der Waals surface area contributed by atoms with E-state index < -0.39 is 0 Å². The average molecular weight is 355 g/mol. The Balaban J connectivity index is 1.88. The van der Waals surface area contributed by atoms with Crippen molar-refractivity contribution in [3.8, 4) is 12.3 Å². The van der Waals surface area contributed by atoms with Crippen LogP contribution in [0.1, 0.15) is 28.2 Å². The molecule has 120 valence electrons. The van der Waals surface area contributed by atoms with Crippen molar-refractivity contribution in [2.24, 2.45) is 0 Å². The van der Waals surface area contributed by atoms with Crippen molar-refractivity contribution < 1.29 is 0 Å². The van der Waals surface area contributed by atoms with E-state index in [9.17, 15) is 4.79 Å². The Morgan fingerprint density at radius 2 is 2.08 bits per heavy atom. The van der Waals surface area contributed by atoms with Crippen LogP contribution in [0.3, 0.4) is 0 Å². The zero-order valence-corrected chi connectivity index (χ0v) is 14.6. The van der Waals surface area contributed by atoms with Crippen molar-refractivity contribution in [1.29, 1.82) is 0 Å². The molecule has 1 aliphatic carbocycles. The van der Waals surface area contributed by atoms with Gasteiger partial charge in [0.1, 0.15) is 10.7 Å². The highest BCUT2D eigenvalue weighted by atomic mass is 35.5. The molecule has 0 bridgehead atoms. The van der Waals surface area contributed by atoms with Crippen LogP contribution in [0.15, 0.2) is 29.1 Å². The van der Waals surface area contributed by atoms with Crippen LogP contribution < -0.4 is 5.56 Å². The second-order valence-electron chi connectivity index (χ2n) is 5.96. The highest BCUT2D eigenvalue weighted by Crippen LogP contribution is 2.34. The molecule has 1 aromatic carbocycles. The lowest BCUT2D eigenvalue weighted by Crippen LogP contribution is -2.25. The van der Waals surface area contributed by atoms with Gasteiger partial charge in [-0.2, -0.15) is 0 Å². The fourth-order valence-corrected chi connectivity index (χ4v) is 4.69. The second kappa shape index (κ2) is 6.08. The number of hydrogen-bond donors (Lipinski definition) is 0. The van der Waals surface area contributed by atoms with Crippen LogP contribution in [-0.2, 0) is 25.8 Å². The summed E-state index contributed by atoms with van der Waals surface area (Å²) in [6, 6.07) is 7.60. The molecular weight excluding hydrogens is 340 g/mol. The molecule has 3 nitrogen and oxygen atoms in total. The van der Waals surface area contributed by atoms with E-state index in [0.717, 1.165) is 35.0 Å². The molecule has 0 saturated heterocycles. The van der Waals surface area contributed by atoms with E-state index in [2.05, 4.69) is 5.92 Å². The Kier molecular flexibility index (Phi) is 3.91. The largest absolute Gasteiger partial charge is 0.284 e. The fourth-order valence-electron chi connectivity index (χ4n) is 3.29. The van der Waals surface area contributed by atoms with Gasteiger partial charge in [-0.05, 0) is 42.5 Å². The molecule has 5 heteroatoms. The van der Waals surface area contributed by atoms with Crippen molar-refractivity contribution in [3.63, 3.8) is 0 Å². The molecule has 0 saturated carbocycles. The third kappa shape index (κ3) is 2.54. The number of benzene rings is 1. The van der Waals surface area contributed by atoms with Gasteiger partial charge in [0.05, 0.1) is 11.9 Å². The smallest absolute Gasteiger partial charge is 0.263 e. The maximum absolute atomic E-state index is 13.0. The van der Waals surface area contributed by atoms with E-state index in [1.54, 1.807) is 15.9 Å². The molecule has 2 heterocycles. The first-order valence-electron chi connectivity index (χ1n) is 7.89. The van der Waals surface area contributed by atoms with E-state index in [4.69, 9.17) is 23.0 Å². The molecule has 3 aromatic rings. The third-order valence-corrected chi connectivity index (χ3v) is 5.87. The van der Waals surface area contributed by atoms with Gasteiger partial charge < -0.3 is 0 Å². The Labute approximate surface area is 148 Å². The number of nitrogens with zero attached hydrogens (tertiary/aromatic N) is 2. The molecule has 0 fully saturated rings. The number of rotatable bonds is 3. The van der Waals surface area contributed by atoms with Crippen LogP contribution in [0.4, 0.5) is 0 Å². The normalized spacial score (nSPS) is 13.2. The highest BCUT2D eigenvalue weighted by Gasteiger charge is 2.23. The lowest BCUT2D eigenvalue weighted by atomic mass is 10.1. The lowest BCUT2D eigenvalue weighted by Gasteiger charge is -2.10. The minimum absolute atomic E-state index is 0.00122. The summed E-state index contributed by atoms with van der Waals surface area (Å²) < 4.78 is 1.64. The molecule has 0 radical (unpaired) electrons. The van der Waals surface area contributed by atoms with Gasteiger partial charge in [0, 0.05) is 16.3 Å².